The third-order valence-electron chi connectivity index (χ3n) is 4.06. The van der Waals surface area contributed by atoms with Crippen molar-refractivity contribution in [2.24, 2.45) is 0 Å². The molecule has 4 rings (SSSR count). The standard InChI is InChI=1S/C19H20O4/c1-3-7-15(8-4-1)19(22-13-17-11-20-17,23-14-18-12-21-18)16-9-5-2-6-10-16/h1-10,17-18H,11-14H2. The van der Waals surface area contributed by atoms with Crippen LogP contribution in [-0.2, 0) is 24.7 Å². The molecule has 0 aliphatic carbocycles. The first-order chi connectivity index (χ1) is 11.4. The summed E-state index contributed by atoms with van der Waals surface area (Å²) in [6.45, 7) is 2.53. The number of rotatable bonds is 8. The molecule has 4 heteroatoms. The van der Waals surface area contributed by atoms with Crippen LogP contribution in [0, 0.1) is 0 Å². The van der Waals surface area contributed by atoms with E-state index >= 15 is 0 Å². The van der Waals surface area contributed by atoms with Crippen molar-refractivity contribution in [3.05, 3.63) is 71.8 Å². The zero-order chi connectivity index (χ0) is 15.5. The molecule has 0 aromatic heterocycles. The Morgan fingerprint density at radius 1 is 0.739 bits per heavy atom. The van der Waals surface area contributed by atoms with Gasteiger partial charge in [-0.1, -0.05) is 60.7 Å². The normalized spacial score (nSPS) is 22.8. The Morgan fingerprint density at radius 3 is 1.48 bits per heavy atom. The van der Waals surface area contributed by atoms with E-state index in [1.807, 2.05) is 60.7 Å². The summed E-state index contributed by atoms with van der Waals surface area (Å²) in [5.41, 5.74) is 1.96. The lowest BCUT2D eigenvalue weighted by atomic mass is 9.97. The molecule has 0 spiro atoms. The van der Waals surface area contributed by atoms with E-state index in [0.29, 0.717) is 13.2 Å². The Kier molecular flexibility index (Phi) is 4.14. The molecule has 23 heavy (non-hydrogen) atoms. The van der Waals surface area contributed by atoms with Gasteiger partial charge in [-0.05, 0) is 0 Å². The minimum absolute atomic E-state index is 0.169. The summed E-state index contributed by atoms with van der Waals surface area (Å²) in [5, 5.41) is 0. The van der Waals surface area contributed by atoms with Crippen molar-refractivity contribution in [3.63, 3.8) is 0 Å². The van der Waals surface area contributed by atoms with Gasteiger partial charge in [0.2, 0.25) is 5.79 Å². The van der Waals surface area contributed by atoms with Crippen LogP contribution in [0.2, 0.25) is 0 Å². The van der Waals surface area contributed by atoms with Gasteiger partial charge in [0, 0.05) is 11.1 Å². The molecule has 0 saturated carbocycles. The van der Waals surface area contributed by atoms with Crippen LogP contribution in [0.5, 0.6) is 0 Å². The second-order valence-corrected chi connectivity index (χ2v) is 5.88. The number of hydrogen-bond donors (Lipinski definition) is 0. The third kappa shape index (κ3) is 3.46. The Balaban J connectivity index is 1.70. The van der Waals surface area contributed by atoms with Crippen LogP contribution in [0.3, 0.4) is 0 Å². The molecule has 0 bridgehead atoms. The molecular formula is C19H20O4. The van der Waals surface area contributed by atoms with Gasteiger partial charge in [0.1, 0.15) is 12.2 Å². The van der Waals surface area contributed by atoms with Crippen LogP contribution in [0.4, 0.5) is 0 Å². The lowest BCUT2D eigenvalue weighted by Crippen LogP contribution is -2.37. The van der Waals surface area contributed by atoms with Gasteiger partial charge in [-0.15, -0.1) is 0 Å². The van der Waals surface area contributed by atoms with E-state index in [2.05, 4.69) is 0 Å². The van der Waals surface area contributed by atoms with Crippen LogP contribution in [0.1, 0.15) is 11.1 Å². The van der Waals surface area contributed by atoms with Crippen LogP contribution in [-0.4, -0.2) is 38.6 Å². The second kappa shape index (κ2) is 6.42. The average Bonchev–Trinajstić information content (AvgIpc) is 3.51. The van der Waals surface area contributed by atoms with Gasteiger partial charge in [-0.25, -0.2) is 0 Å². The summed E-state index contributed by atoms with van der Waals surface area (Å²) in [7, 11) is 0. The largest absolute Gasteiger partial charge is 0.371 e. The maximum atomic E-state index is 6.30. The fraction of sp³-hybridized carbons (Fsp3) is 0.368. The molecule has 2 saturated heterocycles. The maximum Gasteiger partial charge on any atom is 0.222 e. The van der Waals surface area contributed by atoms with Crippen LogP contribution >= 0.6 is 0 Å². The van der Waals surface area contributed by atoms with Crippen LogP contribution in [0.15, 0.2) is 60.7 Å². The number of hydrogen-bond acceptors (Lipinski definition) is 4. The van der Waals surface area contributed by atoms with Gasteiger partial charge < -0.3 is 18.9 Å². The first kappa shape index (κ1) is 14.8. The van der Waals surface area contributed by atoms with E-state index < -0.39 is 5.79 Å². The monoisotopic (exact) mass is 312 g/mol. The second-order valence-electron chi connectivity index (χ2n) is 5.88. The average molecular weight is 312 g/mol. The topological polar surface area (TPSA) is 43.5 Å². The predicted molar refractivity (Wildman–Crippen MR) is 85.0 cm³/mol. The van der Waals surface area contributed by atoms with E-state index in [-0.39, 0.29) is 12.2 Å². The Bertz CT molecular complexity index is 563. The minimum Gasteiger partial charge on any atom is -0.371 e. The third-order valence-corrected chi connectivity index (χ3v) is 4.06. The highest BCUT2D eigenvalue weighted by molar-refractivity contribution is 5.34. The van der Waals surface area contributed by atoms with E-state index in [9.17, 15) is 0 Å². The molecule has 120 valence electrons. The zero-order valence-corrected chi connectivity index (χ0v) is 12.9. The summed E-state index contributed by atoms with van der Waals surface area (Å²) in [4.78, 5) is 0. The fourth-order valence-corrected chi connectivity index (χ4v) is 2.61. The molecule has 2 unspecified atom stereocenters. The highest BCUT2D eigenvalue weighted by Crippen LogP contribution is 2.37. The van der Waals surface area contributed by atoms with Gasteiger partial charge in [0.05, 0.1) is 26.4 Å². The molecular weight excluding hydrogens is 292 g/mol. The molecule has 4 nitrogen and oxygen atoms in total. The maximum absolute atomic E-state index is 6.30. The summed E-state index contributed by atoms with van der Waals surface area (Å²) in [6, 6.07) is 20.1. The molecule has 2 aliphatic heterocycles. The molecule has 0 N–H and O–H groups in total. The summed E-state index contributed by atoms with van der Waals surface area (Å²) >= 11 is 0. The van der Waals surface area contributed by atoms with Crippen LogP contribution < -0.4 is 0 Å². The smallest absolute Gasteiger partial charge is 0.222 e. The van der Waals surface area contributed by atoms with Crippen molar-refractivity contribution >= 4 is 0 Å². The molecule has 2 fully saturated rings. The Labute approximate surface area is 135 Å². The number of ether oxygens (including phenoxy) is 4. The summed E-state index contributed by atoms with van der Waals surface area (Å²) in [5.74, 6) is -0.930. The summed E-state index contributed by atoms with van der Waals surface area (Å²) < 4.78 is 23.2. The van der Waals surface area contributed by atoms with Crippen molar-refractivity contribution in [2.75, 3.05) is 26.4 Å². The highest BCUT2D eigenvalue weighted by Gasteiger charge is 2.40. The number of benzene rings is 2. The van der Waals surface area contributed by atoms with E-state index in [0.717, 1.165) is 24.3 Å². The van der Waals surface area contributed by atoms with Gasteiger partial charge in [-0.2, -0.15) is 0 Å². The first-order valence-corrected chi connectivity index (χ1v) is 7.99. The van der Waals surface area contributed by atoms with E-state index in [1.165, 1.54) is 0 Å². The lowest BCUT2D eigenvalue weighted by molar-refractivity contribution is -0.221. The highest BCUT2D eigenvalue weighted by atomic mass is 16.7. The predicted octanol–water partition coefficient (Wildman–Crippen LogP) is 2.72. The van der Waals surface area contributed by atoms with Gasteiger partial charge in [-0.3, -0.25) is 0 Å². The molecule has 2 aliphatic rings. The number of epoxide rings is 2. The Morgan fingerprint density at radius 2 is 1.13 bits per heavy atom. The SMILES string of the molecule is c1ccc(C(OCC2CO2)(OCC2CO2)c2ccccc2)cc1. The Hall–Kier alpha value is -1.72. The van der Waals surface area contributed by atoms with Gasteiger partial charge >= 0.3 is 0 Å². The van der Waals surface area contributed by atoms with Crippen molar-refractivity contribution in [1.82, 2.24) is 0 Å². The molecule has 0 radical (unpaired) electrons. The van der Waals surface area contributed by atoms with Crippen molar-refractivity contribution in [2.45, 2.75) is 18.0 Å². The zero-order valence-electron chi connectivity index (χ0n) is 12.9. The lowest BCUT2D eigenvalue weighted by Gasteiger charge is -2.34. The fourth-order valence-electron chi connectivity index (χ4n) is 2.61. The van der Waals surface area contributed by atoms with Crippen LogP contribution in [0.25, 0.3) is 0 Å². The van der Waals surface area contributed by atoms with Crippen molar-refractivity contribution in [3.8, 4) is 0 Å². The van der Waals surface area contributed by atoms with E-state index in [1.54, 1.807) is 0 Å². The van der Waals surface area contributed by atoms with Crippen molar-refractivity contribution in [1.29, 1.82) is 0 Å². The molecule has 2 heterocycles. The van der Waals surface area contributed by atoms with Gasteiger partial charge in [0.25, 0.3) is 0 Å². The quantitative estimate of drug-likeness (QED) is 0.555. The van der Waals surface area contributed by atoms with E-state index in [4.69, 9.17) is 18.9 Å². The molecule has 0 amide bonds. The summed E-state index contributed by atoms with van der Waals surface area (Å²) in [6.07, 6.45) is 0.338. The molecule has 2 aromatic carbocycles. The van der Waals surface area contributed by atoms with Crippen molar-refractivity contribution < 1.29 is 18.9 Å². The molecule has 2 atom stereocenters. The van der Waals surface area contributed by atoms with Gasteiger partial charge in [0.15, 0.2) is 0 Å². The minimum atomic E-state index is -0.930. The molecule has 2 aromatic rings. The first-order valence-electron chi connectivity index (χ1n) is 7.99.